The molecule has 26 heavy (non-hydrogen) atoms. The van der Waals surface area contributed by atoms with E-state index in [9.17, 15) is 23.3 Å². The number of likely N-dealkylation sites (N-methyl/N-ethyl adjacent to an activating group) is 1. The van der Waals surface area contributed by atoms with E-state index < -0.39 is 20.9 Å². The molecule has 2 atom stereocenters. The summed E-state index contributed by atoms with van der Waals surface area (Å²) in [7, 11) is -2.72. The number of nitrogens with zero attached hydrogens (tertiary/aromatic N) is 2. The standard InChI is InChI=1S/C15H22N4O5S.ClH/c1-11-6-7-16-9-14(11)17-15(20)10-18(2)25(23,24)13-5-3-4-12(8-13)19(21)22;/h3-5,8,11,14,16H,6-7,9-10H2,1-2H3,(H,17,20);1H. The summed E-state index contributed by atoms with van der Waals surface area (Å²) in [4.78, 5) is 22.1. The van der Waals surface area contributed by atoms with Gasteiger partial charge in [-0.25, -0.2) is 8.42 Å². The van der Waals surface area contributed by atoms with Crippen LogP contribution in [0.5, 0.6) is 0 Å². The summed E-state index contributed by atoms with van der Waals surface area (Å²) < 4.78 is 25.9. The number of nitro benzene ring substituents is 1. The fraction of sp³-hybridized carbons (Fsp3) is 0.533. The second-order valence-electron chi connectivity index (χ2n) is 6.16. The topological polar surface area (TPSA) is 122 Å². The van der Waals surface area contributed by atoms with Gasteiger partial charge in [-0.1, -0.05) is 13.0 Å². The summed E-state index contributed by atoms with van der Waals surface area (Å²) in [5, 5.41) is 16.8. The largest absolute Gasteiger partial charge is 0.351 e. The maximum absolute atomic E-state index is 12.5. The van der Waals surface area contributed by atoms with Gasteiger partial charge in [0.1, 0.15) is 0 Å². The van der Waals surface area contributed by atoms with Crippen molar-refractivity contribution < 1.29 is 18.1 Å². The SMILES string of the molecule is CC1CCNCC1NC(=O)CN(C)S(=O)(=O)c1cccc([N+](=O)[O-])c1.Cl. The Labute approximate surface area is 158 Å². The molecule has 1 aromatic carbocycles. The first-order valence-corrected chi connectivity index (χ1v) is 9.36. The smallest absolute Gasteiger partial charge is 0.270 e. The van der Waals surface area contributed by atoms with Crippen LogP contribution in [0.2, 0.25) is 0 Å². The van der Waals surface area contributed by atoms with Gasteiger partial charge in [-0.05, 0) is 24.9 Å². The number of nitrogens with one attached hydrogen (secondary N) is 2. The van der Waals surface area contributed by atoms with E-state index in [0.717, 1.165) is 23.3 Å². The molecule has 1 aliphatic heterocycles. The van der Waals surface area contributed by atoms with Crippen molar-refractivity contribution in [2.75, 3.05) is 26.7 Å². The Balaban J connectivity index is 0.00000338. The highest BCUT2D eigenvalue weighted by Gasteiger charge is 2.27. The molecule has 11 heteroatoms. The minimum absolute atomic E-state index is 0. The van der Waals surface area contributed by atoms with Gasteiger partial charge in [-0.15, -0.1) is 12.4 Å². The van der Waals surface area contributed by atoms with Crippen LogP contribution < -0.4 is 10.6 Å². The summed E-state index contributed by atoms with van der Waals surface area (Å²) in [5.41, 5.74) is -0.318. The van der Waals surface area contributed by atoms with Crippen molar-refractivity contribution in [1.29, 1.82) is 0 Å². The number of halogens is 1. The second-order valence-corrected chi connectivity index (χ2v) is 8.20. The molecule has 1 saturated heterocycles. The molecule has 0 bridgehead atoms. The lowest BCUT2D eigenvalue weighted by Gasteiger charge is -2.30. The van der Waals surface area contributed by atoms with Crippen molar-refractivity contribution in [3.63, 3.8) is 0 Å². The predicted molar refractivity (Wildman–Crippen MR) is 98.7 cm³/mol. The zero-order chi connectivity index (χ0) is 18.6. The Kier molecular flexibility index (Phi) is 7.94. The van der Waals surface area contributed by atoms with Gasteiger partial charge in [0, 0.05) is 31.8 Å². The lowest BCUT2D eigenvalue weighted by molar-refractivity contribution is -0.385. The highest BCUT2D eigenvalue weighted by molar-refractivity contribution is 7.89. The second kappa shape index (κ2) is 9.26. The Morgan fingerprint density at radius 3 is 2.77 bits per heavy atom. The first-order valence-electron chi connectivity index (χ1n) is 7.92. The molecule has 1 aromatic rings. The molecule has 9 nitrogen and oxygen atoms in total. The predicted octanol–water partition coefficient (Wildman–Crippen LogP) is 0.751. The fourth-order valence-corrected chi connectivity index (χ4v) is 3.83. The molecule has 1 amide bonds. The zero-order valence-electron chi connectivity index (χ0n) is 14.5. The third kappa shape index (κ3) is 5.37. The first-order chi connectivity index (χ1) is 11.7. The fourth-order valence-electron chi connectivity index (χ4n) is 2.66. The van der Waals surface area contributed by atoms with Gasteiger partial charge in [-0.2, -0.15) is 4.31 Å². The van der Waals surface area contributed by atoms with Crippen LogP contribution in [0, 0.1) is 16.0 Å². The van der Waals surface area contributed by atoms with Crippen LogP contribution in [0.15, 0.2) is 29.2 Å². The normalized spacial score (nSPS) is 20.3. The summed E-state index contributed by atoms with van der Waals surface area (Å²) in [6.07, 6.45) is 0.937. The van der Waals surface area contributed by atoms with Crippen LogP contribution in [-0.2, 0) is 14.8 Å². The number of hydrogen-bond acceptors (Lipinski definition) is 6. The highest BCUT2D eigenvalue weighted by Crippen LogP contribution is 2.20. The Bertz CT molecular complexity index is 758. The maximum atomic E-state index is 12.5. The van der Waals surface area contributed by atoms with Crippen LogP contribution in [0.25, 0.3) is 0 Å². The number of benzene rings is 1. The van der Waals surface area contributed by atoms with Crippen molar-refractivity contribution in [3.05, 3.63) is 34.4 Å². The number of hydrogen-bond donors (Lipinski definition) is 2. The minimum atomic E-state index is -3.99. The van der Waals surface area contributed by atoms with Gasteiger partial charge in [0.15, 0.2) is 0 Å². The van der Waals surface area contributed by atoms with E-state index in [1.165, 1.54) is 25.2 Å². The lowest BCUT2D eigenvalue weighted by Crippen LogP contribution is -2.52. The van der Waals surface area contributed by atoms with Gasteiger partial charge >= 0.3 is 0 Å². The summed E-state index contributed by atoms with van der Waals surface area (Å²) >= 11 is 0. The molecular formula is C15H23ClN4O5S. The van der Waals surface area contributed by atoms with Crippen LogP contribution in [0.4, 0.5) is 5.69 Å². The molecule has 0 spiro atoms. The zero-order valence-corrected chi connectivity index (χ0v) is 16.2. The lowest BCUT2D eigenvalue weighted by atomic mass is 9.95. The van der Waals surface area contributed by atoms with Crippen molar-refractivity contribution in [1.82, 2.24) is 14.9 Å². The van der Waals surface area contributed by atoms with Gasteiger partial charge in [0.05, 0.1) is 16.4 Å². The number of amides is 1. The van der Waals surface area contributed by atoms with Crippen LogP contribution in [-0.4, -0.2) is 56.3 Å². The van der Waals surface area contributed by atoms with Crippen LogP contribution in [0.1, 0.15) is 13.3 Å². The molecule has 1 heterocycles. The van der Waals surface area contributed by atoms with Crippen LogP contribution >= 0.6 is 12.4 Å². The molecule has 2 unspecified atom stereocenters. The highest BCUT2D eigenvalue weighted by atomic mass is 35.5. The molecular weight excluding hydrogens is 384 g/mol. The van der Waals surface area contributed by atoms with Gasteiger partial charge in [-0.3, -0.25) is 14.9 Å². The van der Waals surface area contributed by atoms with E-state index in [1.807, 2.05) is 6.92 Å². The van der Waals surface area contributed by atoms with E-state index in [1.54, 1.807) is 0 Å². The molecule has 0 radical (unpaired) electrons. The molecule has 0 saturated carbocycles. The van der Waals surface area contributed by atoms with E-state index >= 15 is 0 Å². The molecule has 1 aliphatic rings. The van der Waals surface area contributed by atoms with Gasteiger partial charge in [0.25, 0.3) is 5.69 Å². The number of carbonyl (C=O) groups excluding carboxylic acids is 1. The van der Waals surface area contributed by atoms with E-state index in [2.05, 4.69) is 10.6 Å². The quantitative estimate of drug-likeness (QED) is 0.531. The summed E-state index contributed by atoms with van der Waals surface area (Å²) in [6, 6.07) is 4.72. The molecule has 2 rings (SSSR count). The molecule has 0 aromatic heterocycles. The van der Waals surface area contributed by atoms with Crippen LogP contribution in [0.3, 0.4) is 0 Å². The number of rotatable bonds is 6. The van der Waals surface area contributed by atoms with Gasteiger partial charge in [0.2, 0.25) is 15.9 Å². The molecule has 2 N–H and O–H groups in total. The molecule has 1 fully saturated rings. The number of piperidine rings is 1. The monoisotopic (exact) mass is 406 g/mol. The van der Waals surface area contributed by atoms with Gasteiger partial charge < -0.3 is 10.6 Å². The Hall–Kier alpha value is -1.75. The average molecular weight is 407 g/mol. The van der Waals surface area contributed by atoms with E-state index in [0.29, 0.717) is 12.5 Å². The third-order valence-corrected chi connectivity index (χ3v) is 6.08. The average Bonchev–Trinajstić information content (AvgIpc) is 2.57. The summed E-state index contributed by atoms with van der Waals surface area (Å²) in [5.74, 6) is -0.0963. The van der Waals surface area contributed by atoms with Crippen molar-refractivity contribution in [2.24, 2.45) is 5.92 Å². The minimum Gasteiger partial charge on any atom is -0.351 e. The van der Waals surface area contributed by atoms with Crippen molar-refractivity contribution >= 4 is 34.0 Å². The number of carbonyl (C=O) groups is 1. The maximum Gasteiger partial charge on any atom is 0.270 e. The Morgan fingerprint density at radius 2 is 2.15 bits per heavy atom. The van der Waals surface area contributed by atoms with Crippen molar-refractivity contribution in [2.45, 2.75) is 24.3 Å². The summed E-state index contributed by atoms with van der Waals surface area (Å²) in [6.45, 7) is 3.23. The van der Waals surface area contributed by atoms with E-state index in [-0.39, 0.29) is 35.6 Å². The molecule has 0 aliphatic carbocycles. The number of sulfonamides is 1. The molecule has 146 valence electrons. The van der Waals surface area contributed by atoms with Crippen molar-refractivity contribution in [3.8, 4) is 0 Å². The Morgan fingerprint density at radius 1 is 1.46 bits per heavy atom. The third-order valence-electron chi connectivity index (χ3n) is 4.28. The number of non-ortho nitro benzene ring substituents is 1. The first kappa shape index (κ1) is 22.3. The van der Waals surface area contributed by atoms with E-state index in [4.69, 9.17) is 0 Å². The number of nitro groups is 1.